The third kappa shape index (κ3) is 4.46. The lowest BCUT2D eigenvalue weighted by Gasteiger charge is -2.34. The predicted molar refractivity (Wildman–Crippen MR) is 91.5 cm³/mol. The van der Waals surface area contributed by atoms with E-state index >= 15 is 0 Å². The summed E-state index contributed by atoms with van der Waals surface area (Å²) in [4.78, 5) is 17.7. The quantitative estimate of drug-likeness (QED) is 0.913. The Kier molecular flexibility index (Phi) is 5.15. The molecule has 0 saturated carbocycles. The van der Waals surface area contributed by atoms with Crippen LogP contribution in [0, 0.1) is 0 Å². The molecule has 1 fully saturated rings. The van der Waals surface area contributed by atoms with Gasteiger partial charge < -0.3 is 10.2 Å². The minimum absolute atomic E-state index is 0.591. The van der Waals surface area contributed by atoms with Crippen molar-refractivity contribution in [3.63, 3.8) is 0 Å². The molecule has 2 aromatic heterocycles. The van der Waals surface area contributed by atoms with Crippen molar-refractivity contribution in [3.05, 3.63) is 42.5 Å². The molecule has 23 heavy (non-hydrogen) atoms. The molecule has 0 amide bonds. The predicted octanol–water partition coefficient (Wildman–Crippen LogP) is 2.14. The number of likely N-dealkylation sites (tertiary alicyclic amines) is 1. The summed E-state index contributed by atoms with van der Waals surface area (Å²) in [5.74, 6) is 0.591. The van der Waals surface area contributed by atoms with Crippen LogP contribution in [0.3, 0.4) is 0 Å². The Balaban J connectivity index is 1.52. The molecule has 0 atom stereocenters. The molecule has 1 aliphatic heterocycles. The van der Waals surface area contributed by atoms with Crippen molar-refractivity contribution in [3.8, 4) is 0 Å². The summed E-state index contributed by atoms with van der Waals surface area (Å²) in [6, 6.07) is 6.62. The van der Waals surface area contributed by atoms with Crippen LogP contribution in [0.25, 0.3) is 0 Å². The average molecular weight is 312 g/mol. The van der Waals surface area contributed by atoms with E-state index in [1.54, 1.807) is 18.5 Å². The summed E-state index contributed by atoms with van der Waals surface area (Å²) in [5, 5.41) is 3.15. The maximum absolute atomic E-state index is 4.55. The zero-order valence-electron chi connectivity index (χ0n) is 13.8. The van der Waals surface area contributed by atoms with Gasteiger partial charge in [0, 0.05) is 38.1 Å². The van der Waals surface area contributed by atoms with E-state index in [0.717, 1.165) is 37.1 Å². The molecule has 1 aliphatic rings. The number of rotatable bonds is 5. The monoisotopic (exact) mass is 312 g/mol. The molecule has 0 bridgehead atoms. The number of hydrogen-bond donors (Lipinski definition) is 1. The molecular weight excluding hydrogens is 288 g/mol. The second-order valence-corrected chi connectivity index (χ2v) is 6.21. The van der Waals surface area contributed by atoms with Gasteiger partial charge in [-0.25, -0.2) is 9.97 Å². The van der Waals surface area contributed by atoms with Gasteiger partial charge in [0.1, 0.15) is 0 Å². The Morgan fingerprint density at radius 2 is 1.87 bits per heavy atom. The molecule has 0 spiro atoms. The molecule has 0 unspecified atom stereocenters. The Bertz CT molecular complexity index is 590. The van der Waals surface area contributed by atoms with Gasteiger partial charge in [0.25, 0.3) is 0 Å². The zero-order chi connectivity index (χ0) is 16.1. The molecule has 1 saturated heterocycles. The van der Waals surface area contributed by atoms with Gasteiger partial charge >= 0.3 is 0 Å². The molecule has 0 aliphatic carbocycles. The number of aromatic nitrogens is 3. The normalized spacial score (nSPS) is 16.7. The lowest BCUT2D eigenvalue weighted by molar-refractivity contribution is 0.139. The van der Waals surface area contributed by atoms with Gasteiger partial charge in [0.15, 0.2) is 0 Å². The molecular formula is C17H24N6. The summed E-state index contributed by atoms with van der Waals surface area (Å²) in [6.07, 6.45) is 7.75. The van der Waals surface area contributed by atoms with Crippen molar-refractivity contribution in [2.45, 2.75) is 25.4 Å². The van der Waals surface area contributed by atoms with Crippen LogP contribution in [0.1, 0.15) is 18.5 Å². The van der Waals surface area contributed by atoms with Crippen LogP contribution in [0.4, 0.5) is 11.6 Å². The van der Waals surface area contributed by atoms with Crippen LogP contribution in [-0.4, -0.2) is 58.0 Å². The third-order valence-electron chi connectivity index (χ3n) is 4.32. The van der Waals surface area contributed by atoms with Crippen LogP contribution < -0.4 is 5.32 Å². The maximum Gasteiger partial charge on any atom is 0.227 e. The molecule has 0 radical (unpaired) electrons. The fraction of sp³-hybridized carbons (Fsp3) is 0.471. The Labute approximate surface area is 137 Å². The van der Waals surface area contributed by atoms with Crippen molar-refractivity contribution in [2.24, 2.45) is 0 Å². The van der Waals surface area contributed by atoms with E-state index < -0.39 is 0 Å². The van der Waals surface area contributed by atoms with Gasteiger partial charge in [-0.15, -0.1) is 0 Å². The number of nitrogens with one attached hydrogen (secondary N) is 1. The van der Waals surface area contributed by atoms with Gasteiger partial charge in [-0.3, -0.25) is 9.88 Å². The smallest absolute Gasteiger partial charge is 0.227 e. The highest BCUT2D eigenvalue weighted by Crippen LogP contribution is 2.17. The minimum Gasteiger partial charge on any atom is -0.323 e. The van der Waals surface area contributed by atoms with Crippen molar-refractivity contribution in [1.82, 2.24) is 24.8 Å². The molecule has 3 heterocycles. The van der Waals surface area contributed by atoms with E-state index in [-0.39, 0.29) is 0 Å². The van der Waals surface area contributed by atoms with E-state index in [1.165, 1.54) is 12.8 Å². The van der Waals surface area contributed by atoms with Gasteiger partial charge in [-0.05, 0) is 45.1 Å². The summed E-state index contributed by atoms with van der Waals surface area (Å²) in [6.45, 7) is 3.20. The Hall–Kier alpha value is -2.05. The van der Waals surface area contributed by atoms with Gasteiger partial charge in [0.05, 0.1) is 17.6 Å². The van der Waals surface area contributed by atoms with Crippen molar-refractivity contribution in [2.75, 3.05) is 32.5 Å². The van der Waals surface area contributed by atoms with Crippen molar-refractivity contribution >= 4 is 11.6 Å². The van der Waals surface area contributed by atoms with Crippen LogP contribution >= 0.6 is 0 Å². The number of nitrogens with zero attached hydrogens (tertiary/aromatic N) is 5. The first-order chi connectivity index (χ1) is 11.2. The lowest BCUT2D eigenvalue weighted by atomic mass is 10.0. The Morgan fingerprint density at radius 3 is 2.48 bits per heavy atom. The van der Waals surface area contributed by atoms with Crippen LogP contribution in [0.5, 0.6) is 0 Å². The first-order valence-electron chi connectivity index (χ1n) is 8.08. The topological polar surface area (TPSA) is 57.2 Å². The molecule has 122 valence electrons. The van der Waals surface area contributed by atoms with E-state index in [1.807, 2.05) is 12.3 Å². The van der Waals surface area contributed by atoms with E-state index in [0.29, 0.717) is 5.95 Å². The second kappa shape index (κ2) is 7.48. The van der Waals surface area contributed by atoms with Crippen molar-refractivity contribution in [1.29, 1.82) is 0 Å². The molecule has 2 aromatic rings. The second-order valence-electron chi connectivity index (χ2n) is 6.21. The molecule has 3 rings (SSSR count). The van der Waals surface area contributed by atoms with Crippen LogP contribution in [0.2, 0.25) is 0 Å². The maximum atomic E-state index is 4.55. The number of hydrogen-bond acceptors (Lipinski definition) is 6. The highest BCUT2D eigenvalue weighted by molar-refractivity contribution is 5.51. The number of anilines is 2. The summed E-state index contributed by atoms with van der Waals surface area (Å²) in [7, 11) is 4.34. The number of pyridine rings is 1. The fourth-order valence-electron chi connectivity index (χ4n) is 2.91. The van der Waals surface area contributed by atoms with E-state index in [2.05, 4.69) is 50.2 Å². The molecule has 6 nitrogen and oxygen atoms in total. The highest BCUT2D eigenvalue weighted by atomic mass is 15.2. The van der Waals surface area contributed by atoms with Crippen LogP contribution in [-0.2, 0) is 6.54 Å². The largest absolute Gasteiger partial charge is 0.323 e. The molecule has 1 N–H and O–H groups in total. The van der Waals surface area contributed by atoms with Crippen LogP contribution in [0.15, 0.2) is 36.8 Å². The SMILES string of the molecule is CN(C)C1CCN(Cc2ccc(Nc3ncccn3)cn2)CC1. The highest BCUT2D eigenvalue weighted by Gasteiger charge is 2.20. The first kappa shape index (κ1) is 15.8. The van der Waals surface area contributed by atoms with Gasteiger partial charge in [0.2, 0.25) is 5.95 Å². The van der Waals surface area contributed by atoms with E-state index in [4.69, 9.17) is 0 Å². The molecule has 6 heteroatoms. The summed E-state index contributed by atoms with van der Waals surface area (Å²) < 4.78 is 0. The summed E-state index contributed by atoms with van der Waals surface area (Å²) in [5.41, 5.74) is 2.01. The van der Waals surface area contributed by atoms with E-state index in [9.17, 15) is 0 Å². The van der Waals surface area contributed by atoms with Gasteiger partial charge in [-0.2, -0.15) is 0 Å². The fourth-order valence-corrected chi connectivity index (χ4v) is 2.91. The third-order valence-corrected chi connectivity index (χ3v) is 4.32. The average Bonchev–Trinajstić information content (AvgIpc) is 2.58. The summed E-state index contributed by atoms with van der Waals surface area (Å²) >= 11 is 0. The minimum atomic E-state index is 0.591. The first-order valence-corrected chi connectivity index (χ1v) is 8.08. The number of piperidine rings is 1. The lowest BCUT2D eigenvalue weighted by Crippen LogP contribution is -2.41. The van der Waals surface area contributed by atoms with Crippen molar-refractivity contribution < 1.29 is 0 Å². The van der Waals surface area contributed by atoms with Gasteiger partial charge in [-0.1, -0.05) is 0 Å². The zero-order valence-corrected chi connectivity index (χ0v) is 13.8. The Morgan fingerprint density at radius 1 is 1.13 bits per heavy atom. The molecule has 0 aromatic carbocycles. The standard InChI is InChI=1S/C17H24N6/c1-22(2)16-6-10-23(11-7-16)13-15-5-4-14(12-20-15)21-17-18-8-3-9-19-17/h3-5,8-9,12,16H,6-7,10-11,13H2,1-2H3,(H,18,19,21).